The number of imidazole rings is 1. The Hall–Kier alpha value is -4.50. The fourth-order valence-corrected chi connectivity index (χ4v) is 3.18. The van der Waals surface area contributed by atoms with E-state index in [1.165, 1.54) is 36.8 Å². The zero-order valence-corrected chi connectivity index (χ0v) is 19.5. The molecule has 1 heterocycles. The molecule has 0 fully saturated rings. The van der Waals surface area contributed by atoms with Crippen LogP contribution in [0.4, 0.5) is 0 Å². The molecule has 1 aromatic carbocycles. The number of phenols is 1. The summed E-state index contributed by atoms with van der Waals surface area (Å²) in [6.07, 6.45) is 1.55. The largest absolute Gasteiger partial charge is 0.508 e. The molecule has 10 N–H and O–H groups in total. The minimum absolute atomic E-state index is 0.0521. The van der Waals surface area contributed by atoms with Crippen molar-refractivity contribution in [1.29, 1.82) is 0 Å². The number of nitrogens with two attached hydrogens (primary N) is 1. The number of hydrogen-bond donors (Lipinski definition) is 9. The Morgan fingerprint density at radius 1 is 0.892 bits per heavy atom. The second-order valence-electron chi connectivity index (χ2n) is 8.06. The van der Waals surface area contributed by atoms with E-state index in [0.717, 1.165) is 0 Å². The lowest BCUT2D eigenvalue weighted by atomic mass is 10.0. The molecule has 0 bridgehead atoms. The molecular formula is C22H28N6O9. The second-order valence-corrected chi connectivity index (χ2v) is 8.06. The highest BCUT2D eigenvalue weighted by Gasteiger charge is 2.31. The average Bonchev–Trinajstić information content (AvgIpc) is 3.36. The lowest BCUT2D eigenvalue weighted by Crippen LogP contribution is -2.58. The third-order valence-corrected chi connectivity index (χ3v) is 5.15. The summed E-state index contributed by atoms with van der Waals surface area (Å²) in [5.74, 6) is -5.80. The van der Waals surface area contributed by atoms with Crippen LogP contribution in [-0.4, -0.2) is 90.8 Å². The van der Waals surface area contributed by atoms with Crippen molar-refractivity contribution in [3.8, 4) is 5.75 Å². The van der Waals surface area contributed by atoms with Crippen LogP contribution < -0.4 is 21.7 Å². The summed E-state index contributed by atoms with van der Waals surface area (Å²) >= 11 is 0. The van der Waals surface area contributed by atoms with Gasteiger partial charge in [0.25, 0.3) is 0 Å². The first-order chi connectivity index (χ1) is 17.5. The Balaban J connectivity index is 2.26. The number of aromatic nitrogens is 2. The molecule has 4 unspecified atom stereocenters. The first-order valence-electron chi connectivity index (χ1n) is 11.0. The van der Waals surface area contributed by atoms with Crippen molar-refractivity contribution in [3.63, 3.8) is 0 Å². The molecule has 2 rings (SSSR count). The number of benzene rings is 1. The Morgan fingerprint density at radius 3 is 2.03 bits per heavy atom. The number of rotatable bonds is 14. The normalized spacial score (nSPS) is 14.0. The van der Waals surface area contributed by atoms with Crippen LogP contribution in [0, 0.1) is 0 Å². The summed E-state index contributed by atoms with van der Waals surface area (Å²) in [5, 5.41) is 44.1. The predicted molar refractivity (Wildman–Crippen MR) is 125 cm³/mol. The molecule has 0 saturated carbocycles. The number of nitrogens with zero attached hydrogens (tertiary/aromatic N) is 1. The number of aliphatic carboxylic acids is 2. The number of aliphatic hydroxyl groups excluding tert-OH is 1. The molecule has 1 aromatic heterocycles. The highest BCUT2D eigenvalue weighted by molar-refractivity contribution is 5.95. The van der Waals surface area contributed by atoms with Crippen LogP contribution in [0.5, 0.6) is 5.75 Å². The average molecular weight is 520 g/mol. The first-order valence-corrected chi connectivity index (χ1v) is 11.0. The maximum Gasteiger partial charge on any atom is 0.326 e. The summed E-state index contributed by atoms with van der Waals surface area (Å²) in [6.45, 7) is -0.758. The molecule has 0 aliphatic rings. The summed E-state index contributed by atoms with van der Waals surface area (Å²) in [4.78, 5) is 67.6. The highest BCUT2D eigenvalue weighted by atomic mass is 16.4. The van der Waals surface area contributed by atoms with Gasteiger partial charge in [-0.1, -0.05) is 12.1 Å². The molecule has 0 aliphatic carbocycles. The van der Waals surface area contributed by atoms with Crippen molar-refractivity contribution < 1.29 is 44.4 Å². The Bertz CT molecular complexity index is 1090. The molecule has 200 valence electrons. The van der Waals surface area contributed by atoms with Gasteiger partial charge in [-0.05, 0) is 17.7 Å². The minimum Gasteiger partial charge on any atom is -0.508 e. The summed E-state index contributed by atoms with van der Waals surface area (Å²) in [6, 6.07) is -0.251. The molecule has 37 heavy (non-hydrogen) atoms. The second kappa shape index (κ2) is 13.6. The number of carbonyl (C=O) groups excluding carboxylic acids is 3. The van der Waals surface area contributed by atoms with Gasteiger partial charge < -0.3 is 47.1 Å². The van der Waals surface area contributed by atoms with E-state index >= 15 is 0 Å². The topological polar surface area (TPSA) is 257 Å². The van der Waals surface area contributed by atoms with Crippen molar-refractivity contribution in [2.45, 2.75) is 43.4 Å². The third kappa shape index (κ3) is 9.23. The summed E-state index contributed by atoms with van der Waals surface area (Å²) in [7, 11) is 0. The molecule has 0 saturated heterocycles. The number of amides is 3. The summed E-state index contributed by atoms with van der Waals surface area (Å²) in [5.41, 5.74) is 6.31. The van der Waals surface area contributed by atoms with Crippen molar-refractivity contribution in [1.82, 2.24) is 25.9 Å². The van der Waals surface area contributed by atoms with Crippen molar-refractivity contribution >= 4 is 29.7 Å². The van der Waals surface area contributed by atoms with Crippen LogP contribution in [0.1, 0.15) is 17.7 Å². The molecule has 15 heteroatoms. The van der Waals surface area contributed by atoms with Gasteiger partial charge in [-0.3, -0.25) is 19.2 Å². The van der Waals surface area contributed by atoms with Gasteiger partial charge in [0.15, 0.2) is 0 Å². The van der Waals surface area contributed by atoms with Gasteiger partial charge in [0, 0.05) is 24.7 Å². The van der Waals surface area contributed by atoms with E-state index in [9.17, 15) is 34.2 Å². The smallest absolute Gasteiger partial charge is 0.326 e. The number of phenolic OH excluding ortho intramolecular Hbond substituents is 1. The van der Waals surface area contributed by atoms with Crippen LogP contribution in [-0.2, 0) is 36.8 Å². The van der Waals surface area contributed by atoms with Gasteiger partial charge in [0.1, 0.15) is 29.9 Å². The quantitative estimate of drug-likeness (QED) is 0.123. The summed E-state index contributed by atoms with van der Waals surface area (Å²) < 4.78 is 0. The Morgan fingerprint density at radius 2 is 1.49 bits per heavy atom. The van der Waals surface area contributed by atoms with E-state index in [2.05, 4.69) is 25.9 Å². The zero-order chi connectivity index (χ0) is 27.5. The number of nitrogens with one attached hydrogen (secondary N) is 4. The number of aromatic amines is 1. The fraction of sp³-hybridized carbons (Fsp3) is 0.364. The third-order valence-electron chi connectivity index (χ3n) is 5.15. The van der Waals surface area contributed by atoms with Crippen molar-refractivity contribution in [2.24, 2.45) is 5.73 Å². The number of aromatic hydroxyl groups is 1. The van der Waals surface area contributed by atoms with E-state index in [0.29, 0.717) is 11.3 Å². The Labute approximate surface area is 210 Å². The zero-order valence-electron chi connectivity index (χ0n) is 19.5. The number of hydrogen-bond acceptors (Lipinski definition) is 9. The maximum absolute atomic E-state index is 13.1. The molecule has 3 amide bonds. The standard InChI is InChI=1S/C22H28N6O9/c23-14(9-29)19(33)26-16(7-18(31)32)21(35)27-15(5-11-1-3-13(30)4-2-11)20(34)28-17(22(36)37)6-12-8-24-10-25-12/h1-4,8,10,14-17,29-30H,5-7,9,23H2,(H,24,25)(H,26,33)(H,27,35)(H,28,34)(H,31,32)(H,36,37). The van der Waals surface area contributed by atoms with Crippen molar-refractivity contribution in [3.05, 3.63) is 48.0 Å². The molecule has 0 aliphatic heterocycles. The van der Waals surface area contributed by atoms with Crippen LogP contribution >= 0.6 is 0 Å². The lowest BCUT2D eigenvalue weighted by molar-refractivity contribution is -0.143. The number of carbonyl (C=O) groups is 5. The van der Waals surface area contributed by atoms with E-state index in [-0.39, 0.29) is 18.6 Å². The molecule has 0 radical (unpaired) electrons. The molecule has 2 aromatic rings. The van der Waals surface area contributed by atoms with Gasteiger partial charge in [0.05, 0.1) is 19.4 Å². The Kier molecular flexibility index (Phi) is 10.5. The molecule has 15 nitrogen and oxygen atoms in total. The maximum atomic E-state index is 13.1. The van der Waals surface area contributed by atoms with Gasteiger partial charge in [-0.15, -0.1) is 0 Å². The van der Waals surface area contributed by atoms with Crippen LogP contribution in [0.2, 0.25) is 0 Å². The number of H-pyrrole nitrogens is 1. The molecule has 4 atom stereocenters. The molecule has 0 spiro atoms. The van der Waals surface area contributed by atoms with E-state index in [1.54, 1.807) is 0 Å². The van der Waals surface area contributed by atoms with Crippen LogP contribution in [0.25, 0.3) is 0 Å². The van der Waals surface area contributed by atoms with Crippen LogP contribution in [0.3, 0.4) is 0 Å². The SMILES string of the molecule is NC(CO)C(=O)NC(CC(=O)O)C(=O)NC(Cc1ccc(O)cc1)C(=O)NC(Cc1cnc[nH]1)C(=O)O. The lowest BCUT2D eigenvalue weighted by Gasteiger charge is -2.24. The van der Waals surface area contributed by atoms with E-state index in [1.807, 2.05) is 0 Å². The van der Waals surface area contributed by atoms with Crippen molar-refractivity contribution in [2.75, 3.05) is 6.61 Å². The van der Waals surface area contributed by atoms with Gasteiger partial charge in [-0.25, -0.2) is 9.78 Å². The van der Waals surface area contributed by atoms with Crippen LogP contribution in [0.15, 0.2) is 36.8 Å². The number of aliphatic hydroxyl groups is 1. The number of carboxylic acid groups (broad SMARTS) is 2. The predicted octanol–water partition coefficient (Wildman–Crippen LogP) is -2.77. The van der Waals surface area contributed by atoms with E-state index < -0.39 is 66.9 Å². The van der Waals surface area contributed by atoms with Gasteiger partial charge in [0.2, 0.25) is 17.7 Å². The first kappa shape index (κ1) is 28.7. The number of carboxylic acids is 2. The minimum atomic E-state index is -1.65. The van der Waals surface area contributed by atoms with Gasteiger partial charge >= 0.3 is 11.9 Å². The molecular weight excluding hydrogens is 492 g/mol. The van der Waals surface area contributed by atoms with E-state index in [4.69, 9.17) is 15.9 Å². The van der Waals surface area contributed by atoms with Gasteiger partial charge in [-0.2, -0.15) is 0 Å². The monoisotopic (exact) mass is 520 g/mol. The fourth-order valence-electron chi connectivity index (χ4n) is 3.18. The highest BCUT2D eigenvalue weighted by Crippen LogP contribution is 2.12.